The van der Waals surface area contributed by atoms with Crippen LogP contribution in [0, 0.1) is 25.2 Å². The van der Waals surface area contributed by atoms with Gasteiger partial charge in [-0.05, 0) is 51.3 Å². The minimum Gasteiger partial charge on any atom is -0.315 e. The molecule has 0 aliphatic carbocycles. The van der Waals surface area contributed by atoms with Crippen molar-refractivity contribution in [3.05, 3.63) is 45.8 Å². The lowest BCUT2D eigenvalue weighted by atomic mass is 10.0. The van der Waals surface area contributed by atoms with E-state index in [0.29, 0.717) is 29.0 Å². The predicted molar refractivity (Wildman–Crippen MR) is 115 cm³/mol. The summed E-state index contributed by atoms with van der Waals surface area (Å²) in [5.41, 5.74) is 1.65. The minimum atomic E-state index is -3.91. The van der Waals surface area contributed by atoms with Crippen molar-refractivity contribution in [2.24, 2.45) is 0 Å². The van der Waals surface area contributed by atoms with Crippen LogP contribution in [0.25, 0.3) is 0 Å². The maximum absolute atomic E-state index is 13.2. The molecule has 1 N–H and O–H groups in total. The number of piperidine rings is 1. The Hall–Kier alpha value is -2.54. The number of thiophene rings is 1. The highest BCUT2D eigenvalue weighted by Crippen LogP contribution is 2.33. The highest BCUT2D eigenvalue weighted by molar-refractivity contribution is 7.89. The van der Waals surface area contributed by atoms with E-state index in [-0.39, 0.29) is 17.2 Å². The number of nitriles is 1. The molecule has 30 heavy (non-hydrogen) atoms. The largest absolute Gasteiger partial charge is 0.315 e. The highest BCUT2D eigenvalue weighted by Gasteiger charge is 2.38. The van der Waals surface area contributed by atoms with E-state index < -0.39 is 22.0 Å². The molecule has 1 saturated heterocycles. The van der Waals surface area contributed by atoms with E-state index in [1.165, 1.54) is 46.8 Å². The molecule has 1 amide bonds. The number of carbonyl (C=O) groups is 2. The van der Waals surface area contributed by atoms with Crippen molar-refractivity contribution in [1.82, 2.24) is 4.31 Å². The number of aryl methyl sites for hydroxylation is 1. The van der Waals surface area contributed by atoms with Crippen LogP contribution in [0.15, 0.2) is 29.2 Å². The van der Waals surface area contributed by atoms with Gasteiger partial charge in [-0.15, -0.1) is 11.3 Å². The zero-order chi connectivity index (χ0) is 22.1. The van der Waals surface area contributed by atoms with E-state index >= 15 is 0 Å². The number of amides is 1. The lowest BCUT2D eigenvalue weighted by molar-refractivity contribution is -0.120. The topological polar surface area (TPSA) is 107 Å². The fourth-order valence-corrected chi connectivity index (χ4v) is 6.17. The molecule has 9 heteroatoms. The molecule has 0 spiro atoms. The third-order valence-electron chi connectivity index (χ3n) is 5.36. The Morgan fingerprint density at radius 2 is 1.87 bits per heavy atom. The molecule has 2 heterocycles. The van der Waals surface area contributed by atoms with E-state index in [1.807, 2.05) is 13.8 Å². The van der Waals surface area contributed by atoms with Gasteiger partial charge < -0.3 is 5.32 Å². The SMILES string of the molecule is CC(=O)c1ccc(S(=O)(=O)N2CCCCC2C(=O)Nc2sc(C)c(C)c2C#N)cc1. The van der Waals surface area contributed by atoms with E-state index in [1.54, 1.807) is 0 Å². The normalized spacial score (nSPS) is 17.3. The summed E-state index contributed by atoms with van der Waals surface area (Å²) in [6.45, 7) is 5.35. The monoisotopic (exact) mass is 445 g/mol. The van der Waals surface area contributed by atoms with Gasteiger partial charge in [0.25, 0.3) is 0 Å². The fraction of sp³-hybridized carbons (Fsp3) is 0.381. The molecule has 1 fully saturated rings. The van der Waals surface area contributed by atoms with E-state index in [2.05, 4.69) is 11.4 Å². The van der Waals surface area contributed by atoms with Crippen molar-refractivity contribution in [3.63, 3.8) is 0 Å². The lowest BCUT2D eigenvalue weighted by Crippen LogP contribution is -2.49. The standard InChI is InChI=1S/C21H23N3O4S2/c1-13-15(3)29-21(18(13)12-22)23-20(26)19-6-4-5-11-24(19)30(27,28)17-9-7-16(8-10-17)14(2)25/h7-10,19H,4-6,11H2,1-3H3,(H,23,26). The van der Waals surface area contributed by atoms with E-state index in [4.69, 9.17) is 0 Å². The molecule has 0 saturated carbocycles. The summed E-state index contributed by atoms with van der Waals surface area (Å²) in [4.78, 5) is 25.5. The second-order valence-corrected chi connectivity index (χ2v) is 10.4. The Bertz CT molecular complexity index is 1130. The number of hydrogen-bond donors (Lipinski definition) is 1. The van der Waals surface area contributed by atoms with Gasteiger partial charge in [-0.2, -0.15) is 9.57 Å². The van der Waals surface area contributed by atoms with Crippen LogP contribution in [-0.2, 0) is 14.8 Å². The highest BCUT2D eigenvalue weighted by atomic mass is 32.2. The van der Waals surface area contributed by atoms with E-state index in [9.17, 15) is 23.3 Å². The molecule has 0 radical (unpaired) electrons. The number of rotatable bonds is 5. The van der Waals surface area contributed by atoms with Crippen molar-refractivity contribution in [2.75, 3.05) is 11.9 Å². The number of benzene rings is 1. The van der Waals surface area contributed by atoms with Crippen LogP contribution in [0.5, 0.6) is 0 Å². The summed E-state index contributed by atoms with van der Waals surface area (Å²) < 4.78 is 27.7. The zero-order valence-corrected chi connectivity index (χ0v) is 18.7. The van der Waals surface area contributed by atoms with Gasteiger partial charge in [-0.1, -0.05) is 18.6 Å². The molecule has 1 aromatic carbocycles. The molecule has 3 rings (SSSR count). The Kier molecular flexibility index (Phi) is 6.41. The second kappa shape index (κ2) is 8.68. The number of carbonyl (C=O) groups excluding carboxylic acids is 2. The number of nitrogens with zero attached hydrogens (tertiary/aromatic N) is 2. The fourth-order valence-electron chi connectivity index (χ4n) is 3.50. The maximum atomic E-state index is 13.2. The summed E-state index contributed by atoms with van der Waals surface area (Å²) in [5.74, 6) is -0.583. The van der Waals surface area contributed by atoms with Crippen LogP contribution in [0.1, 0.15) is 52.5 Å². The average Bonchev–Trinajstić information content (AvgIpc) is 3.00. The maximum Gasteiger partial charge on any atom is 0.243 e. The third kappa shape index (κ3) is 4.17. The lowest BCUT2D eigenvalue weighted by Gasteiger charge is -2.33. The van der Waals surface area contributed by atoms with Gasteiger partial charge in [0, 0.05) is 17.0 Å². The molecule has 1 unspecified atom stereocenters. The predicted octanol–water partition coefficient (Wildman–Crippen LogP) is 3.62. The van der Waals surface area contributed by atoms with Gasteiger partial charge in [-0.25, -0.2) is 8.42 Å². The van der Waals surface area contributed by atoms with Crippen molar-refractivity contribution < 1.29 is 18.0 Å². The molecule has 0 bridgehead atoms. The van der Waals surface area contributed by atoms with Crippen LogP contribution in [0.2, 0.25) is 0 Å². The molecule has 1 atom stereocenters. The van der Waals surface area contributed by atoms with Gasteiger partial charge in [-0.3, -0.25) is 9.59 Å². The molecule has 1 aliphatic rings. The first-order valence-electron chi connectivity index (χ1n) is 9.60. The van der Waals surface area contributed by atoms with Crippen LogP contribution >= 0.6 is 11.3 Å². The Morgan fingerprint density at radius 1 is 1.20 bits per heavy atom. The number of nitrogens with one attached hydrogen (secondary N) is 1. The summed E-state index contributed by atoms with van der Waals surface area (Å²) >= 11 is 1.31. The first-order chi connectivity index (χ1) is 14.2. The van der Waals surface area contributed by atoms with Gasteiger partial charge >= 0.3 is 0 Å². The first-order valence-corrected chi connectivity index (χ1v) is 11.9. The number of Topliss-reactive ketones (excluding diaryl/α,β-unsaturated/α-hetero) is 1. The van der Waals surface area contributed by atoms with Crippen LogP contribution < -0.4 is 5.32 Å². The summed E-state index contributed by atoms with van der Waals surface area (Å²) in [7, 11) is -3.91. The number of ketones is 1. The van der Waals surface area contributed by atoms with Crippen molar-refractivity contribution in [1.29, 1.82) is 5.26 Å². The zero-order valence-electron chi connectivity index (χ0n) is 17.1. The Labute approximate surface area is 180 Å². The smallest absolute Gasteiger partial charge is 0.243 e. The van der Waals surface area contributed by atoms with Gasteiger partial charge in [0.1, 0.15) is 17.1 Å². The number of anilines is 1. The van der Waals surface area contributed by atoms with Gasteiger partial charge in [0.15, 0.2) is 5.78 Å². The van der Waals surface area contributed by atoms with E-state index in [0.717, 1.165) is 16.9 Å². The Balaban J connectivity index is 1.89. The molecule has 1 aromatic heterocycles. The molecular formula is C21H23N3O4S2. The van der Waals surface area contributed by atoms with Crippen LogP contribution in [0.4, 0.5) is 5.00 Å². The molecule has 1 aliphatic heterocycles. The van der Waals surface area contributed by atoms with Crippen molar-refractivity contribution in [2.45, 2.75) is 51.0 Å². The summed E-state index contributed by atoms with van der Waals surface area (Å²) in [6, 6.07) is 7.01. The van der Waals surface area contributed by atoms with Crippen LogP contribution in [0.3, 0.4) is 0 Å². The van der Waals surface area contributed by atoms with Gasteiger partial charge in [0.05, 0.1) is 10.5 Å². The Morgan fingerprint density at radius 3 is 2.47 bits per heavy atom. The number of hydrogen-bond acceptors (Lipinski definition) is 6. The summed E-state index contributed by atoms with van der Waals surface area (Å²) in [5, 5.41) is 12.6. The van der Waals surface area contributed by atoms with Gasteiger partial charge in [0.2, 0.25) is 15.9 Å². The third-order valence-corrected chi connectivity index (χ3v) is 8.40. The van der Waals surface area contributed by atoms with Crippen LogP contribution in [-0.4, -0.2) is 37.0 Å². The van der Waals surface area contributed by atoms with Crippen molar-refractivity contribution >= 4 is 38.1 Å². The number of sulfonamides is 1. The first kappa shape index (κ1) is 22.2. The minimum absolute atomic E-state index is 0.0488. The molecule has 7 nitrogen and oxygen atoms in total. The average molecular weight is 446 g/mol. The quantitative estimate of drug-likeness (QED) is 0.707. The summed E-state index contributed by atoms with van der Waals surface area (Å²) in [6.07, 6.45) is 1.80. The molecule has 2 aromatic rings. The van der Waals surface area contributed by atoms with Crippen molar-refractivity contribution in [3.8, 4) is 6.07 Å². The second-order valence-electron chi connectivity index (χ2n) is 7.30. The molecular weight excluding hydrogens is 422 g/mol. The molecule has 158 valence electrons.